The highest BCUT2D eigenvalue weighted by atomic mass is 16.8. The zero-order chi connectivity index (χ0) is 13.1. The first kappa shape index (κ1) is 16.5. The molecule has 0 amide bonds. The number of carboxylic acid groups (broad SMARTS) is 2. The van der Waals surface area contributed by atoms with Gasteiger partial charge in [-0.1, -0.05) is 0 Å². The highest BCUT2D eigenvalue weighted by Crippen LogP contribution is 1.85. The van der Waals surface area contributed by atoms with Crippen LogP contribution in [0.25, 0.3) is 0 Å². The van der Waals surface area contributed by atoms with Crippen molar-refractivity contribution in [2.24, 2.45) is 0 Å². The summed E-state index contributed by atoms with van der Waals surface area (Å²) in [6.45, 7) is -0.729. The van der Waals surface area contributed by atoms with Crippen LogP contribution in [0.3, 0.4) is 0 Å². The molecular weight excluding hydrogens is 232 g/mol. The number of rotatable bonds is 2. The summed E-state index contributed by atoms with van der Waals surface area (Å²) in [5, 5.41) is 39.4. The molecule has 10 nitrogen and oxygen atoms in total. The molecule has 0 saturated heterocycles. The Balaban J connectivity index is 0. The van der Waals surface area contributed by atoms with Crippen molar-refractivity contribution in [3.8, 4) is 0 Å². The Labute approximate surface area is 88.3 Å². The number of aliphatic hydroxyl groups is 3. The summed E-state index contributed by atoms with van der Waals surface area (Å²) in [6.07, 6.45) is -6.59. The van der Waals surface area contributed by atoms with Gasteiger partial charge in [-0.15, -0.1) is 0 Å². The van der Waals surface area contributed by atoms with Gasteiger partial charge in [-0.2, -0.15) is 0 Å². The molecular formula is C6H10O10. The fraction of sp³-hybridized carbons (Fsp3) is 0.500. The van der Waals surface area contributed by atoms with E-state index in [1.165, 1.54) is 0 Å². The molecule has 0 aromatic rings. The maximum Gasteiger partial charge on any atom is 0.528 e. The standard InChI is InChI=1S/C3H2O7.C3H8O3/c4-1(5)9-3(8)10-2(6)7;4-1-3(6)2-5/h(H,4,5)(H,6,7);3-6H,1-2H2. The fourth-order valence-electron chi connectivity index (χ4n) is 0.221. The summed E-state index contributed by atoms with van der Waals surface area (Å²) in [5.41, 5.74) is 0. The lowest BCUT2D eigenvalue weighted by atomic mass is 10.4. The van der Waals surface area contributed by atoms with Crippen molar-refractivity contribution in [3.05, 3.63) is 0 Å². The summed E-state index contributed by atoms with van der Waals surface area (Å²) in [5.74, 6) is 0. The Kier molecular flexibility index (Phi) is 9.95. The van der Waals surface area contributed by atoms with Gasteiger partial charge in [-0.05, 0) is 0 Å². The molecule has 0 aliphatic heterocycles. The third-order valence-electron chi connectivity index (χ3n) is 0.763. The van der Waals surface area contributed by atoms with Crippen LogP contribution in [0.15, 0.2) is 0 Å². The number of carbonyl (C=O) groups is 3. The Morgan fingerprint density at radius 3 is 1.38 bits per heavy atom. The minimum Gasteiger partial charge on any atom is -0.449 e. The zero-order valence-electron chi connectivity index (χ0n) is 7.77. The Hall–Kier alpha value is -1.91. The average molecular weight is 242 g/mol. The molecule has 16 heavy (non-hydrogen) atoms. The van der Waals surface area contributed by atoms with Crippen molar-refractivity contribution in [2.45, 2.75) is 6.10 Å². The first-order valence-corrected chi connectivity index (χ1v) is 3.58. The van der Waals surface area contributed by atoms with Crippen LogP contribution >= 0.6 is 0 Å². The first-order chi connectivity index (χ1) is 7.33. The number of hydrogen-bond donors (Lipinski definition) is 5. The molecule has 0 saturated carbocycles. The fourth-order valence-corrected chi connectivity index (χ4v) is 0.221. The lowest BCUT2D eigenvalue weighted by molar-refractivity contribution is 0.0450. The van der Waals surface area contributed by atoms with Gasteiger partial charge < -0.3 is 35.0 Å². The van der Waals surface area contributed by atoms with Gasteiger partial charge in [0.1, 0.15) is 6.10 Å². The van der Waals surface area contributed by atoms with Crippen molar-refractivity contribution in [1.29, 1.82) is 0 Å². The van der Waals surface area contributed by atoms with Crippen LogP contribution in [-0.2, 0) is 9.47 Å². The van der Waals surface area contributed by atoms with Crippen LogP contribution in [0.1, 0.15) is 0 Å². The highest BCUT2D eigenvalue weighted by molar-refractivity contribution is 5.82. The topological polar surface area (TPSA) is 171 Å². The van der Waals surface area contributed by atoms with Gasteiger partial charge in [0.25, 0.3) is 0 Å². The molecule has 0 spiro atoms. The first-order valence-electron chi connectivity index (χ1n) is 3.58. The van der Waals surface area contributed by atoms with E-state index in [-0.39, 0.29) is 13.2 Å². The van der Waals surface area contributed by atoms with Crippen LogP contribution in [0.5, 0.6) is 0 Å². The van der Waals surface area contributed by atoms with Crippen molar-refractivity contribution < 1.29 is 49.4 Å². The molecule has 0 aromatic carbocycles. The SMILES string of the molecule is O=C(O)OC(=O)OC(=O)O.OCC(O)CO. The summed E-state index contributed by atoms with van der Waals surface area (Å²) in [4.78, 5) is 28.8. The third-order valence-corrected chi connectivity index (χ3v) is 0.763. The molecule has 0 aromatic heterocycles. The van der Waals surface area contributed by atoms with E-state index in [1.807, 2.05) is 0 Å². The van der Waals surface area contributed by atoms with E-state index < -0.39 is 24.6 Å². The van der Waals surface area contributed by atoms with Gasteiger partial charge in [-0.3, -0.25) is 0 Å². The van der Waals surface area contributed by atoms with Crippen LogP contribution in [0, 0.1) is 0 Å². The van der Waals surface area contributed by atoms with Crippen molar-refractivity contribution >= 4 is 18.5 Å². The van der Waals surface area contributed by atoms with E-state index in [1.54, 1.807) is 0 Å². The molecule has 0 aliphatic carbocycles. The quantitative estimate of drug-likeness (QED) is 0.293. The molecule has 0 unspecified atom stereocenters. The molecule has 94 valence electrons. The van der Waals surface area contributed by atoms with Crippen LogP contribution < -0.4 is 0 Å². The van der Waals surface area contributed by atoms with Gasteiger partial charge >= 0.3 is 18.5 Å². The Bertz CT molecular complexity index is 213. The van der Waals surface area contributed by atoms with E-state index in [9.17, 15) is 14.4 Å². The van der Waals surface area contributed by atoms with E-state index in [4.69, 9.17) is 25.5 Å². The van der Waals surface area contributed by atoms with E-state index >= 15 is 0 Å². The average Bonchev–Trinajstić information content (AvgIpc) is 2.14. The maximum atomic E-state index is 9.86. The van der Waals surface area contributed by atoms with Crippen LogP contribution in [0.4, 0.5) is 14.4 Å². The molecule has 0 rings (SSSR count). The van der Waals surface area contributed by atoms with Crippen molar-refractivity contribution in [1.82, 2.24) is 0 Å². The van der Waals surface area contributed by atoms with Gasteiger partial charge in [0.2, 0.25) is 0 Å². The maximum absolute atomic E-state index is 9.86. The molecule has 10 heteroatoms. The molecule has 0 bridgehead atoms. The predicted molar refractivity (Wildman–Crippen MR) is 43.8 cm³/mol. The minimum absolute atomic E-state index is 0.365. The number of aliphatic hydroxyl groups excluding tert-OH is 3. The number of hydrogen-bond acceptors (Lipinski definition) is 8. The molecule has 0 atom stereocenters. The summed E-state index contributed by atoms with van der Waals surface area (Å²) in [7, 11) is 0. The second-order valence-corrected chi connectivity index (χ2v) is 2.00. The lowest BCUT2D eigenvalue weighted by Crippen LogP contribution is -2.15. The Morgan fingerprint density at radius 1 is 0.938 bits per heavy atom. The van der Waals surface area contributed by atoms with Crippen molar-refractivity contribution in [2.75, 3.05) is 13.2 Å². The summed E-state index contributed by atoms with van der Waals surface area (Å²) in [6, 6.07) is 0. The third kappa shape index (κ3) is 14.6. The monoisotopic (exact) mass is 242 g/mol. The molecule has 0 aliphatic rings. The van der Waals surface area contributed by atoms with Gasteiger partial charge in [-0.25, -0.2) is 14.4 Å². The Morgan fingerprint density at radius 2 is 1.25 bits per heavy atom. The van der Waals surface area contributed by atoms with Crippen LogP contribution in [-0.4, -0.2) is 63.3 Å². The van der Waals surface area contributed by atoms with Gasteiger partial charge in [0.05, 0.1) is 13.2 Å². The second-order valence-electron chi connectivity index (χ2n) is 2.00. The van der Waals surface area contributed by atoms with E-state index in [0.717, 1.165) is 0 Å². The van der Waals surface area contributed by atoms with E-state index in [2.05, 4.69) is 9.47 Å². The molecule has 5 N–H and O–H groups in total. The van der Waals surface area contributed by atoms with Crippen LogP contribution in [0.2, 0.25) is 0 Å². The summed E-state index contributed by atoms with van der Waals surface area (Å²) < 4.78 is 6.47. The second kappa shape index (κ2) is 9.64. The van der Waals surface area contributed by atoms with Gasteiger partial charge in [0, 0.05) is 0 Å². The zero-order valence-corrected chi connectivity index (χ0v) is 7.77. The van der Waals surface area contributed by atoms with Crippen molar-refractivity contribution in [3.63, 3.8) is 0 Å². The lowest BCUT2D eigenvalue weighted by Gasteiger charge is -1.96. The number of carbonyl (C=O) groups excluding carboxylic acids is 1. The predicted octanol–water partition coefficient (Wildman–Crippen LogP) is -1.17. The number of ether oxygens (including phenoxy) is 2. The minimum atomic E-state index is -1.92. The van der Waals surface area contributed by atoms with E-state index in [0.29, 0.717) is 0 Å². The molecule has 0 heterocycles. The summed E-state index contributed by atoms with van der Waals surface area (Å²) >= 11 is 0. The normalized spacial score (nSPS) is 8.75. The molecule has 0 radical (unpaired) electrons. The van der Waals surface area contributed by atoms with Gasteiger partial charge in [0.15, 0.2) is 0 Å². The molecule has 0 fully saturated rings. The smallest absolute Gasteiger partial charge is 0.449 e. The largest absolute Gasteiger partial charge is 0.528 e. The highest BCUT2D eigenvalue weighted by Gasteiger charge is 2.13.